The largest absolute Gasteiger partial charge is 0.310 e. The number of fused-ring (bicyclic) bond motifs is 8. The van der Waals surface area contributed by atoms with Crippen LogP contribution in [-0.2, 0) is 10.8 Å². The van der Waals surface area contributed by atoms with Gasteiger partial charge in [-0.2, -0.15) is 0 Å². The van der Waals surface area contributed by atoms with E-state index in [0.717, 1.165) is 34.1 Å². The second-order valence-corrected chi connectivity index (χ2v) is 18.2. The Morgan fingerprint density at radius 2 is 0.825 bits per heavy atom. The van der Waals surface area contributed by atoms with E-state index in [1.165, 1.54) is 72.0 Å². The van der Waals surface area contributed by atoms with Gasteiger partial charge >= 0.3 is 0 Å². The van der Waals surface area contributed by atoms with Gasteiger partial charge in [0.1, 0.15) is 0 Å². The van der Waals surface area contributed by atoms with E-state index in [2.05, 4.69) is 254 Å². The van der Waals surface area contributed by atoms with Crippen molar-refractivity contribution < 1.29 is 0 Å². The fourth-order valence-corrected chi connectivity index (χ4v) is 10.8. The Morgan fingerprint density at radius 3 is 1.49 bits per heavy atom. The van der Waals surface area contributed by atoms with Gasteiger partial charge in [-0.1, -0.05) is 149 Å². The highest BCUT2D eigenvalue weighted by molar-refractivity contribution is 6.14. The van der Waals surface area contributed by atoms with E-state index in [4.69, 9.17) is 0 Å². The highest BCUT2D eigenvalue weighted by Crippen LogP contribution is 2.52. The lowest BCUT2D eigenvalue weighted by Crippen LogP contribution is -2.26. The average Bonchev–Trinajstić information content (AvgIpc) is 3.77. The van der Waals surface area contributed by atoms with Crippen molar-refractivity contribution in [1.82, 2.24) is 4.57 Å². The van der Waals surface area contributed by atoms with Crippen LogP contribution in [0, 0.1) is 0 Å². The van der Waals surface area contributed by atoms with E-state index in [0.29, 0.717) is 0 Å². The summed E-state index contributed by atoms with van der Waals surface area (Å²) >= 11 is 0. The summed E-state index contributed by atoms with van der Waals surface area (Å²) in [6.45, 7) is 9.47. The van der Waals surface area contributed by atoms with Crippen LogP contribution in [0.2, 0.25) is 0 Å². The number of para-hydroxylation sites is 4. The van der Waals surface area contributed by atoms with Crippen molar-refractivity contribution in [2.24, 2.45) is 0 Å². The summed E-state index contributed by atoms with van der Waals surface area (Å²) in [7, 11) is 0. The molecule has 1 aromatic heterocycles. The van der Waals surface area contributed by atoms with Crippen molar-refractivity contribution >= 4 is 55.9 Å². The van der Waals surface area contributed by atoms with Crippen molar-refractivity contribution in [2.75, 3.05) is 9.80 Å². The molecule has 12 rings (SSSR count). The summed E-state index contributed by atoms with van der Waals surface area (Å²) in [5, 5.41) is 2.50. The Hall–Kier alpha value is -7.62. The van der Waals surface area contributed by atoms with Gasteiger partial charge in [0.15, 0.2) is 0 Å². The molecule has 0 saturated carbocycles. The molecule has 1 aliphatic carbocycles. The molecular weight excluding hydrogens is 763 g/mol. The standard InChI is InChI=1S/C60H47N3/c1-59(2)52-25-15-14-24-48(52)49-34-33-46(38-54(49)59)61(42-18-8-5-9-19-42)45-31-28-40(29-32-45)41-30-35-56-50(36-41)51-37-47(62(43-20-10-6-11-21-43)44-22-12-7-13-23-44)39-55-58(51)63(56)57-27-17-16-26-53(57)60(55,3)4/h5-39H,1-4H3. The van der Waals surface area contributed by atoms with Gasteiger partial charge in [0.05, 0.1) is 16.7 Å². The Morgan fingerprint density at radius 1 is 0.333 bits per heavy atom. The summed E-state index contributed by atoms with van der Waals surface area (Å²) in [5.41, 5.74) is 20.7. The smallest absolute Gasteiger partial charge is 0.0583 e. The Kier molecular flexibility index (Phi) is 8.23. The molecule has 1 aliphatic heterocycles. The van der Waals surface area contributed by atoms with Crippen LogP contribution in [0.5, 0.6) is 0 Å². The van der Waals surface area contributed by atoms with Gasteiger partial charge in [0.25, 0.3) is 0 Å². The van der Waals surface area contributed by atoms with Crippen LogP contribution in [-0.4, -0.2) is 4.57 Å². The molecule has 0 radical (unpaired) electrons. The first-order valence-corrected chi connectivity index (χ1v) is 22.1. The molecule has 0 fully saturated rings. The molecule has 0 saturated heterocycles. The maximum absolute atomic E-state index is 2.51. The van der Waals surface area contributed by atoms with Crippen LogP contribution in [0.25, 0.3) is 49.7 Å². The van der Waals surface area contributed by atoms with Gasteiger partial charge in [-0.3, -0.25) is 0 Å². The second kappa shape index (κ2) is 14.0. The predicted molar refractivity (Wildman–Crippen MR) is 265 cm³/mol. The van der Waals surface area contributed by atoms with E-state index >= 15 is 0 Å². The molecule has 302 valence electrons. The first kappa shape index (κ1) is 37.2. The molecule has 2 aliphatic rings. The Balaban J connectivity index is 1.01. The van der Waals surface area contributed by atoms with Crippen LogP contribution < -0.4 is 9.80 Å². The molecule has 10 aromatic rings. The normalized spacial score (nSPS) is 14.0. The lowest BCUT2D eigenvalue weighted by molar-refractivity contribution is 0.630. The van der Waals surface area contributed by atoms with Gasteiger partial charge in [-0.05, 0) is 136 Å². The molecule has 9 aromatic carbocycles. The number of hydrogen-bond donors (Lipinski definition) is 0. The van der Waals surface area contributed by atoms with Crippen LogP contribution in [0.3, 0.4) is 0 Å². The van der Waals surface area contributed by atoms with Gasteiger partial charge < -0.3 is 14.4 Å². The zero-order valence-corrected chi connectivity index (χ0v) is 36.0. The number of hydrogen-bond acceptors (Lipinski definition) is 2. The zero-order valence-electron chi connectivity index (χ0n) is 36.0. The van der Waals surface area contributed by atoms with Crippen LogP contribution in [0.4, 0.5) is 34.1 Å². The summed E-state index contributed by atoms with van der Waals surface area (Å²) in [6.07, 6.45) is 0. The van der Waals surface area contributed by atoms with Crippen molar-refractivity contribution in [1.29, 1.82) is 0 Å². The average molecular weight is 810 g/mol. The molecule has 0 unspecified atom stereocenters. The quantitative estimate of drug-likeness (QED) is 0.159. The van der Waals surface area contributed by atoms with Crippen molar-refractivity contribution in [3.63, 3.8) is 0 Å². The fraction of sp³-hybridized carbons (Fsp3) is 0.100. The molecule has 2 heterocycles. The summed E-state index contributed by atoms with van der Waals surface area (Å²) < 4.78 is 2.51. The molecule has 3 nitrogen and oxygen atoms in total. The number of rotatable bonds is 7. The van der Waals surface area contributed by atoms with Crippen molar-refractivity contribution in [3.05, 3.63) is 235 Å². The van der Waals surface area contributed by atoms with E-state index in [1.807, 2.05) is 0 Å². The first-order chi connectivity index (χ1) is 30.8. The molecule has 3 heteroatoms. The zero-order chi connectivity index (χ0) is 42.5. The number of aromatic nitrogens is 1. The highest BCUT2D eigenvalue weighted by Gasteiger charge is 2.37. The number of benzene rings is 9. The first-order valence-electron chi connectivity index (χ1n) is 22.1. The summed E-state index contributed by atoms with van der Waals surface area (Å²) in [6, 6.07) is 78.2. The lowest BCUT2D eigenvalue weighted by Gasteiger charge is -2.36. The third kappa shape index (κ3) is 5.66. The topological polar surface area (TPSA) is 11.4 Å². The fourth-order valence-electron chi connectivity index (χ4n) is 10.8. The Bertz CT molecular complexity index is 3340. The molecular formula is C60H47N3. The van der Waals surface area contributed by atoms with Gasteiger partial charge in [-0.15, -0.1) is 0 Å². The van der Waals surface area contributed by atoms with Crippen LogP contribution >= 0.6 is 0 Å². The minimum atomic E-state index is -0.226. The van der Waals surface area contributed by atoms with E-state index in [-0.39, 0.29) is 10.8 Å². The van der Waals surface area contributed by atoms with Gasteiger partial charge in [0, 0.05) is 55.7 Å². The molecule has 0 N–H and O–H groups in total. The van der Waals surface area contributed by atoms with E-state index < -0.39 is 0 Å². The molecule has 63 heavy (non-hydrogen) atoms. The molecule has 0 bridgehead atoms. The molecule has 0 spiro atoms. The summed E-state index contributed by atoms with van der Waals surface area (Å²) in [4.78, 5) is 4.79. The monoisotopic (exact) mass is 809 g/mol. The number of anilines is 6. The lowest BCUT2D eigenvalue weighted by atomic mass is 9.74. The van der Waals surface area contributed by atoms with E-state index in [1.54, 1.807) is 0 Å². The second-order valence-electron chi connectivity index (χ2n) is 18.2. The SMILES string of the molecule is CC1(C)c2ccccc2-c2ccc(N(c3ccccc3)c3ccc(-c4ccc5c(c4)c4cc(N(c6ccccc6)c6ccccc6)cc6c4n5-c4ccccc4C6(C)C)cc3)cc21. The van der Waals surface area contributed by atoms with E-state index in [9.17, 15) is 0 Å². The van der Waals surface area contributed by atoms with Crippen LogP contribution in [0.15, 0.2) is 212 Å². The summed E-state index contributed by atoms with van der Waals surface area (Å²) in [5.74, 6) is 0. The Labute approximate surface area is 369 Å². The van der Waals surface area contributed by atoms with Crippen molar-refractivity contribution in [2.45, 2.75) is 38.5 Å². The minimum Gasteiger partial charge on any atom is -0.310 e. The minimum absolute atomic E-state index is 0.0872. The third-order valence-corrected chi connectivity index (χ3v) is 13.9. The maximum Gasteiger partial charge on any atom is 0.0583 e. The maximum atomic E-state index is 2.51. The van der Waals surface area contributed by atoms with Gasteiger partial charge in [0.2, 0.25) is 0 Å². The predicted octanol–water partition coefficient (Wildman–Crippen LogP) is 16.3. The van der Waals surface area contributed by atoms with Crippen molar-refractivity contribution in [3.8, 4) is 27.9 Å². The highest BCUT2D eigenvalue weighted by atomic mass is 15.1. The molecule has 0 atom stereocenters. The number of nitrogens with zero attached hydrogens (tertiary/aromatic N) is 3. The van der Waals surface area contributed by atoms with Crippen LogP contribution in [0.1, 0.15) is 49.9 Å². The van der Waals surface area contributed by atoms with Gasteiger partial charge in [-0.25, -0.2) is 0 Å². The third-order valence-electron chi connectivity index (χ3n) is 13.9. The molecule has 0 amide bonds.